The maximum atomic E-state index is 12.6. The molecule has 0 radical (unpaired) electrons. The van der Waals surface area contributed by atoms with Crippen LogP contribution in [0, 0.1) is 0 Å². The van der Waals surface area contributed by atoms with Crippen LogP contribution in [0.3, 0.4) is 0 Å². The van der Waals surface area contributed by atoms with Crippen LogP contribution < -0.4 is 0 Å². The molecule has 0 saturated carbocycles. The van der Waals surface area contributed by atoms with Crippen LogP contribution in [-0.4, -0.2) is 68.3 Å². The van der Waals surface area contributed by atoms with Gasteiger partial charge in [-0.3, -0.25) is 18.6 Å². The monoisotopic (exact) mass is 822 g/mol. The summed E-state index contributed by atoms with van der Waals surface area (Å²) in [5, 5.41) is 0. The summed E-state index contributed by atoms with van der Waals surface area (Å²) in [4.78, 5) is 37.0. The second-order valence-electron chi connectivity index (χ2n) is 15.2. The van der Waals surface area contributed by atoms with Crippen LogP contribution >= 0.6 is 7.82 Å². The van der Waals surface area contributed by atoms with Crippen LogP contribution in [0.15, 0.2) is 60.8 Å². The minimum Gasteiger partial charge on any atom is -0.462 e. The Hall–Kier alpha value is -2.29. The first-order chi connectivity index (χ1) is 27.7. The predicted octanol–water partition coefficient (Wildman–Crippen LogP) is 13.1. The summed E-state index contributed by atoms with van der Waals surface area (Å²) in [6.07, 6.45) is 48.4. The molecular weight excluding hydrogens is 737 g/mol. The van der Waals surface area contributed by atoms with Crippen molar-refractivity contribution in [3.63, 3.8) is 0 Å². The summed E-state index contributed by atoms with van der Waals surface area (Å²) < 4.78 is 33.4. The lowest BCUT2D eigenvalue weighted by molar-refractivity contribution is -0.161. The third kappa shape index (κ3) is 43.1. The molecule has 2 atom stereocenters. The van der Waals surface area contributed by atoms with Crippen molar-refractivity contribution < 1.29 is 37.6 Å². The lowest BCUT2D eigenvalue weighted by Crippen LogP contribution is -2.29. The van der Waals surface area contributed by atoms with E-state index < -0.39 is 26.5 Å². The summed E-state index contributed by atoms with van der Waals surface area (Å²) in [5.41, 5.74) is 0. The zero-order chi connectivity index (χ0) is 41.9. The quantitative estimate of drug-likeness (QED) is 0.0279. The van der Waals surface area contributed by atoms with E-state index in [0.29, 0.717) is 13.0 Å². The molecule has 0 aliphatic carbocycles. The number of rotatable bonds is 41. The van der Waals surface area contributed by atoms with Crippen LogP contribution in [0.25, 0.3) is 0 Å². The van der Waals surface area contributed by atoms with Gasteiger partial charge in [0.1, 0.15) is 6.61 Å². The Morgan fingerprint density at radius 2 is 0.947 bits per heavy atom. The van der Waals surface area contributed by atoms with Crippen molar-refractivity contribution in [2.75, 3.05) is 40.5 Å². The standard InChI is InChI=1S/C47H84NO8P/c1-5-7-9-11-13-15-17-19-21-22-23-24-26-27-29-31-33-35-37-39-46(49)53-43-45(44-55-57(51,52)54-42-41-48(3)4)56-47(50)40-38-36-34-32-30-28-25-20-18-16-14-12-10-8-6-2/h13-16,19-21,25,30,32,45H,5-12,17-18,22-24,26-29,31,33-44H2,1-4H3,(H,51,52)/b15-13-,16-14-,21-19-,25-20-,32-30-. The SMILES string of the molecule is CCCCC/C=C\C/C=C\C/C=C\CCCCC(=O)OC(COC(=O)CCCCCCCCCCC/C=C\C/C=C\CCCCC)COP(=O)(O)OCCN(C)C. The van der Waals surface area contributed by atoms with Gasteiger partial charge in [0, 0.05) is 19.4 Å². The Morgan fingerprint density at radius 3 is 1.44 bits per heavy atom. The second kappa shape index (κ2) is 41.9. The number of carbonyl (C=O) groups is 2. The van der Waals surface area contributed by atoms with Gasteiger partial charge in [-0.05, 0) is 97.6 Å². The van der Waals surface area contributed by atoms with E-state index in [0.717, 1.165) is 64.2 Å². The maximum Gasteiger partial charge on any atom is 0.472 e. The van der Waals surface area contributed by atoms with Gasteiger partial charge >= 0.3 is 19.8 Å². The molecule has 0 heterocycles. The number of phosphoric acid groups is 1. The first-order valence-corrected chi connectivity index (χ1v) is 24.1. The molecule has 0 aromatic carbocycles. The van der Waals surface area contributed by atoms with Gasteiger partial charge in [0.2, 0.25) is 0 Å². The van der Waals surface area contributed by atoms with Crippen molar-refractivity contribution in [2.24, 2.45) is 0 Å². The Labute approximate surface area is 349 Å². The van der Waals surface area contributed by atoms with E-state index in [1.54, 1.807) is 0 Å². The zero-order valence-corrected chi connectivity index (χ0v) is 37.7. The van der Waals surface area contributed by atoms with Gasteiger partial charge in [-0.2, -0.15) is 0 Å². The van der Waals surface area contributed by atoms with Gasteiger partial charge in [-0.1, -0.05) is 145 Å². The Kier molecular flexibility index (Phi) is 40.2. The van der Waals surface area contributed by atoms with Crippen molar-refractivity contribution in [1.82, 2.24) is 4.90 Å². The summed E-state index contributed by atoms with van der Waals surface area (Å²) in [5.74, 6) is -0.855. The normalized spacial score (nSPS) is 13.9. The van der Waals surface area contributed by atoms with Crippen molar-refractivity contribution in [3.05, 3.63) is 60.8 Å². The lowest BCUT2D eigenvalue weighted by Gasteiger charge is -2.20. The molecule has 9 nitrogen and oxygen atoms in total. The minimum atomic E-state index is -4.38. The van der Waals surface area contributed by atoms with E-state index >= 15 is 0 Å². The van der Waals surface area contributed by atoms with Gasteiger partial charge in [0.05, 0.1) is 13.2 Å². The molecule has 0 aliphatic heterocycles. The number of ether oxygens (including phenoxy) is 2. The summed E-state index contributed by atoms with van der Waals surface area (Å²) in [6, 6.07) is 0. The molecule has 2 unspecified atom stereocenters. The van der Waals surface area contributed by atoms with E-state index in [9.17, 15) is 19.0 Å². The van der Waals surface area contributed by atoms with Crippen LogP contribution in [0.1, 0.15) is 181 Å². The van der Waals surface area contributed by atoms with Crippen LogP contribution in [-0.2, 0) is 32.7 Å². The molecule has 0 amide bonds. The highest BCUT2D eigenvalue weighted by Gasteiger charge is 2.26. The first-order valence-electron chi connectivity index (χ1n) is 22.6. The summed E-state index contributed by atoms with van der Waals surface area (Å²) >= 11 is 0. The Bertz CT molecular complexity index is 1130. The molecule has 10 heteroatoms. The van der Waals surface area contributed by atoms with Crippen LogP contribution in [0.2, 0.25) is 0 Å². The molecule has 0 fully saturated rings. The van der Waals surface area contributed by atoms with Crippen LogP contribution in [0.5, 0.6) is 0 Å². The van der Waals surface area contributed by atoms with Crippen molar-refractivity contribution in [2.45, 2.75) is 187 Å². The highest BCUT2D eigenvalue weighted by molar-refractivity contribution is 7.47. The number of likely N-dealkylation sites (N-methyl/N-ethyl adjacent to an activating group) is 1. The molecule has 0 spiro atoms. The van der Waals surface area contributed by atoms with Crippen molar-refractivity contribution in [1.29, 1.82) is 0 Å². The average molecular weight is 822 g/mol. The van der Waals surface area contributed by atoms with Crippen LogP contribution in [0.4, 0.5) is 0 Å². The summed E-state index contributed by atoms with van der Waals surface area (Å²) in [7, 11) is -0.738. The second-order valence-corrected chi connectivity index (χ2v) is 16.7. The number of nitrogens with zero attached hydrogens (tertiary/aromatic N) is 1. The number of unbranched alkanes of at least 4 members (excludes halogenated alkanes) is 17. The minimum absolute atomic E-state index is 0.00291. The number of phosphoric ester groups is 1. The highest BCUT2D eigenvalue weighted by atomic mass is 31.2. The van der Waals surface area contributed by atoms with Gasteiger partial charge in [0.25, 0.3) is 0 Å². The third-order valence-electron chi connectivity index (χ3n) is 9.30. The highest BCUT2D eigenvalue weighted by Crippen LogP contribution is 2.43. The molecule has 0 saturated heterocycles. The molecule has 0 rings (SSSR count). The van der Waals surface area contributed by atoms with E-state index in [-0.39, 0.29) is 32.0 Å². The third-order valence-corrected chi connectivity index (χ3v) is 10.3. The molecule has 57 heavy (non-hydrogen) atoms. The fourth-order valence-electron chi connectivity index (χ4n) is 5.78. The van der Waals surface area contributed by atoms with Gasteiger partial charge < -0.3 is 19.3 Å². The Morgan fingerprint density at radius 1 is 0.544 bits per heavy atom. The molecule has 0 aliphatic rings. The number of hydrogen-bond acceptors (Lipinski definition) is 8. The maximum absolute atomic E-state index is 12.6. The van der Waals surface area contributed by atoms with E-state index in [1.807, 2.05) is 19.0 Å². The lowest BCUT2D eigenvalue weighted by atomic mass is 10.1. The van der Waals surface area contributed by atoms with Gasteiger partial charge in [-0.15, -0.1) is 0 Å². The fourth-order valence-corrected chi connectivity index (χ4v) is 6.52. The number of esters is 2. The van der Waals surface area contributed by atoms with Crippen molar-refractivity contribution in [3.8, 4) is 0 Å². The molecule has 0 aromatic rings. The number of carbonyl (C=O) groups excluding carboxylic acids is 2. The van der Waals surface area contributed by atoms with E-state index in [4.69, 9.17) is 18.5 Å². The summed E-state index contributed by atoms with van der Waals surface area (Å²) in [6.45, 7) is 4.21. The van der Waals surface area contributed by atoms with E-state index in [2.05, 4.69) is 74.6 Å². The number of hydrogen-bond donors (Lipinski definition) is 1. The fraction of sp³-hybridized carbons (Fsp3) is 0.745. The smallest absolute Gasteiger partial charge is 0.462 e. The number of allylic oxidation sites excluding steroid dienone is 10. The van der Waals surface area contributed by atoms with E-state index in [1.165, 1.54) is 83.5 Å². The molecular formula is C47H84NO8P. The average Bonchev–Trinajstić information content (AvgIpc) is 3.18. The largest absolute Gasteiger partial charge is 0.472 e. The zero-order valence-electron chi connectivity index (χ0n) is 36.8. The molecule has 330 valence electrons. The van der Waals surface area contributed by atoms with Crippen molar-refractivity contribution >= 4 is 19.8 Å². The molecule has 0 aromatic heterocycles. The predicted molar refractivity (Wildman–Crippen MR) is 238 cm³/mol. The first kappa shape index (κ1) is 54.7. The Balaban J connectivity index is 4.32. The van der Waals surface area contributed by atoms with Gasteiger partial charge in [0.15, 0.2) is 6.10 Å². The molecule has 0 bridgehead atoms. The topological polar surface area (TPSA) is 112 Å². The molecule has 1 N–H and O–H groups in total. The van der Waals surface area contributed by atoms with Gasteiger partial charge in [-0.25, -0.2) is 4.57 Å².